The molecule has 0 rings (SSSR count). The Bertz CT molecular complexity index is 196. The van der Waals surface area contributed by atoms with Crippen LogP contribution in [0.5, 0.6) is 0 Å². The predicted molar refractivity (Wildman–Crippen MR) is 103 cm³/mol. The fourth-order valence-electron chi connectivity index (χ4n) is 3.55. The maximum atomic E-state index is 2.75. The normalized spacial score (nSPS) is 14.2. The number of hydrogen-bond acceptors (Lipinski definition) is 0. The molecule has 133 valence electrons. The zero-order chi connectivity index (χ0) is 16.5. The summed E-state index contributed by atoms with van der Waals surface area (Å²) in [5.41, 5.74) is 0. The molecular weight excluding hydrogens is 264 g/mol. The average Bonchev–Trinajstić information content (AvgIpc) is 2.53. The van der Waals surface area contributed by atoms with Crippen LogP contribution in [0.15, 0.2) is 0 Å². The molecule has 0 heterocycles. The maximum Gasteiger partial charge on any atom is -0.0324 e. The van der Waals surface area contributed by atoms with E-state index in [9.17, 15) is 0 Å². The van der Waals surface area contributed by atoms with Crippen molar-refractivity contribution in [1.82, 2.24) is 0 Å². The summed E-state index contributed by atoms with van der Waals surface area (Å²) in [6.45, 7) is 9.35. The summed E-state index contributed by atoms with van der Waals surface area (Å²) < 4.78 is 0. The third kappa shape index (κ3) is 13.6. The summed E-state index contributed by atoms with van der Waals surface area (Å²) >= 11 is 0. The Morgan fingerprint density at radius 1 is 0.500 bits per heavy atom. The molecule has 0 aliphatic rings. The van der Waals surface area contributed by atoms with Gasteiger partial charge in [0.25, 0.3) is 0 Å². The second-order valence-electron chi connectivity index (χ2n) is 7.32. The van der Waals surface area contributed by atoms with Crippen molar-refractivity contribution in [1.29, 1.82) is 0 Å². The van der Waals surface area contributed by atoms with E-state index in [1.165, 1.54) is 96.3 Å². The maximum absolute atomic E-state index is 2.75. The van der Waals surface area contributed by atoms with Crippen molar-refractivity contribution in [3.8, 4) is 0 Å². The predicted octanol–water partition coefficient (Wildman–Crippen LogP) is 8.35. The molecule has 0 aromatic rings. The summed E-state index contributed by atoms with van der Waals surface area (Å²) in [7, 11) is 0. The first-order valence-corrected chi connectivity index (χ1v) is 10.6. The van der Waals surface area contributed by atoms with Gasteiger partial charge in [0.05, 0.1) is 0 Å². The van der Waals surface area contributed by atoms with Gasteiger partial charge in [-0.25, -0.2) is 0 Å². The molecule has 0 spiro atoms. The highest BCUT2D eigenvalue weighted by atomic mass is 14.2. The van der Waals surface area contributed by atoms with Crippen LogP contribution in [0, 0.1) is 18.3 Å². The summed E-state index contributed by atoms with van der Waals surface area (Å²) in [6, 6.07) is 0. The molecule has 0 nitrogen and oxygen atoms in total. The standard InChI is InChI=1S/C22H45/c1-5-9-11-13-14-16-19-22(17-7-3)20-21(8-4)18-15-12-10-6-2/h20-22H,5-19H2,1-4H3. The van der Waals surface area contributed by atoms with Gasteiger partial charge < -0.3 is 0 Å². The minimum absolute atomic E-state index is 0.883. The summed E-state index contributed by atoms with van der Waals surface area (Å²) in [4.78, 5) is 0. The van der Waals surface area contributed by atoms with Crippen molar-refractivity contribution in [2.24, 2.45) is 11.8 Å². The fourth-order valence-corrected chi connectivity index (χ4v) is 3.55. The Labute approximate surface area is 142 Å². The van der Waals surface area contributed by atoms with Gasteiger partial charge in [0.2, 0.25) is 0 Å². The zero-order valence-electron chi connectivity index (χ0n) is 16.3. The molecule has 0 aliphatic carbocycles. The van der Waals surface area contributed by atoms with E-state index in [-0.39, 0.29) is 0 Å². The molecule has 0 saturated heterocycles. The molecule has 0 bridgehead atoms. The molecule has 0 heteroatoms. The van der Waals surface area contributed by atoms with Crippen LogP contribution >= 0.6 is 0 Å². The van der Waals surface area contributed by atoms with Gasteiger partial charge in [-0.2, -0.15) is 0 Å². The molecule has 0 aromatic heterocycles. The van der Waals surface area contributed by atoms with Crippen LogP contribution in [-0.2, 0) is 0 Å². The lowest BCUT2D eigenvalue weighted by Crippen LogP contribution is -2.10. The summed E-state index contributed by atoms with van der Waals surface area (Å²) in [5.74, 6) is 1.78. The highest BCUT2D eigenvalue weighted by Crippen LogP contribution is 2.27. The third-order valence-electron chi connectivity index (χ3n) is 5.09. The van der Waals surface area contributed by atoms with E-state index in [0.29, 0.717) is 0 Å². The fraction of sp³-hybridized carbons (Fsp3) is 0.955. The number of hydrogen-bond donors (Lipinski definition) is 0. The molecule has 0 aliphatic heterocycles. The van der Waals surface area contributed by atoms with E-state index in [4.69, 9.17) is 0 Å². The quantitative estimate of drug-likeness (QED) is 0.237. The Morgan fingerprint density at radius 2 is 1.00 bits per heavy atom. The van der Waals surface area contributed by atoms with E-state index in [0.717, 1.165) is 11.8 Å². The topological polar surface area (TPSA) is 0 Å². The molecule has 0 amide bonds. The number of unbranched alkanes of at least 4 members (excludes halogenated alkanes) is 8. The van der Waals surface area contributed by atoms with E-state index >= 15 is 0 Å². The molecule has 2 unspecified atom stereocenters. The smallest absolute Gasteiger partial charge is 0.0324 e. The van der Waals surface area contributed by atoms with Crippen molar-refractivity contribution in [3.63, 3.8) is 0 Å². The van der Waals surface area contributed by atoms with E-state index < -0.39 is 0 Å². The van der Waals surface area contributed by atoms with Crippen molar-refractivity contribution < 1.29 is 0 Å². The van der Waals surface area contributed by atoms with E-state index in [1.807, 2.05) is 0 Å². The molecule has 0 N–H and O–H groups in total. The minimum Gasteiger partial charge on any atom is -0.0654 e. The first-order valence-electron chi connectivity index (χ1n) is 10.6. The van der Waals surface area contributed by atoms with Gasteiger partial charge in [-0.15, -0.1) is 0 Å². The molecule has 22 heavy (non-hydrogen) atoms. The Kier molecular flexibility index (Phi) is 17.4. The van der Waals surface area contributed by atoms with Crippen molar-refractivity contribution >= 4 is 0 Å². The van der Waals surface area contributed by atoms with Crippen LogP contribution in [0.4, 0.5) is 0 Å². The molecule has 0 saturated carbocycles. The van der Waals surface area contributed by atoms with E-state index in [2.05, 4.69) is 34.1 Å². The summed E-state index contributed by atoms with van der Waals surface area (Å²) in [5, 5.41) is 0. The van der Waals surface area contributed by atoms with Gasteiger partial charge >= 0.3 is 0 Å². The molecular formula is C22H45. The van der Waals surface area contributed by atoms with Gasteiger partial charge in [0.1, 0.15) is 0 Å². The van der Waals surface area contributed by atoms with Gasteiger partial charge in [-0.1, -0.05) is 124 Å². The highest BCUT2D eigenvalue weighted by molar-refractivity contribution is 4.83. The molecule has 0 aromatic carbocycles. The molecule has 0 fully saturated rings. The second kappa shape index (κ2) is 17.4. The third-order valence-corrected chi connectivity index (χ3v) is 5.09. The van der Waals surface area contributed by atoms with Crippen LogP contribution in [0.1, 0.15) is 124 Å². The Hall–Kier alpha value is 0. The van der Waals surface area contributed by atoms with Crippen molar-refractivity contribution in [2.75, 3.05) is 0 Å². The second-order valence-corrected chi connectivity index (χ2v) is 7.32. The van der Waals surface area contributed by atoms with Crippen molar-refractivity contribution in [2.45, 2.75) is 124 Å². The zero-order valence-corrected chi connectivity index (χ0v) is 16.3. The lowest BCUT2D eigenvalue weighted by Gasteiger charge is -2.22. The lowest BCUT2D eigenvalue weighted by atomic mass is 9.83. The first kappa shape index (κ1) is 22.0. The first-order chi connectivity index (χ1) is 10.8. The van der Waals surface area contributed by atoms with Gasteiger partial charge in [0, 0.05) is 0 Å². The van der Waals surface area contributed by atoms with Gasteiger partial charge in [0.15, 0.2) is 0 Å². The van der Waals surface area contributed by atoms with Crippen LogP contribution in [0.2, 0.25) is 0 Å². The molecule has 1 radical (unpaired) electrons. The van der Waals surface area contributed by atoms with Crippen LogP contribution in [-0.4, -0.2) is 0 Å². The molecule has 2 atom stereocenters. The summed E-state index contributed by atoms with van der Waals surface area (Å²) in [6.07, 6.45) is 24.0. The highest BCUT2D eigenvalue weighted by Gasteiger charge is 2.15. The van der Waals surface area contributed by atoms with Crippen LogP contribution < -0.4 is 0 Å². The van der Waals surface area contributed by atoms with Gasteiger partial charge in [-0.05, 0) is 18.3 Å². The lowest BCUT2D eigenvalue weighted by molar-refractivity contribution is 0.388. The van der Waals surface area contributed by atoms with Crippen molar-refractivity contribution in [3.05, 3.63) is 6.42 Å². The SMILES string of the molecule is CCCCCCCCC([CH]C(CC)CCCCCC)CCC. The number of rotatable bonds is 17. The van der Waals surface area contributed by atoms with E-state index in [1.54, 1.807) is 0 Å². The largest absolute Gasteiger partial charge is 0.0654 e. The van der Waals surface area contributed by atoms with Crippen LogP contribution in [0.25, 0.3) is 0 Å². The average molecular weight is 310 g/mol. The monoisotopic (exact) mass is 309 g/mol. The minimum atomic E-state index is 0.883. The Morgan fingerprint density at radius 3 is 1.55 bits per heavy atom. The van der Waals surface area contributed by atoms with Crippen LogP contribution in [0.3, 0.4) is 0 Å². The van der Waals surface area contributed by atoms with Gasteiger partial charge in [-0.3, -0.25) is 0 Å². The Balaban J connectivity index is 3.86.